The third-order valence-electron chi connectivity index (χ3n) is 3.71. The lowest BCUT2D eigenvalue weighted by atomic mass is 10.0. The summed E-state index contributed by atoms with van der Waals surface area (Å²) in [4.78, 5) is 0. The summed E-state index contributed by atoms with van der Waals surface area (Å²) in [6, 6.07) is 13.7. The zero-order valence-corrected chi connectivity index (χ0v) is 13.4. The van der Waals surface area contributed by atoms with Crippen LogP contribution in [0.1, 0.15) is 44.3 Å². The van der Waals surface area contributed by atoms with Crippen LogP contribution in [0.2, 0.25) is 0 Å². The van der Waals surface area contributed by atoms with E-state index in [9.17, 15) is 10.2 Å². The Labute approximate surface area is 138 Å². The summed E-state index contributed by atoms with van der Waals surface area (Å²) in [5.74, 6) is 10.7. The van der Waals surface area contributed by atoms with Gasteiger partial charge in [-0.15, -0.1) is 0 Å². The van der Waals surface area contributed by atoms with E-state index in [4.69, 9.17) is 0 Å². The number of rotatable bonds is 5. The maximum absolute atomic E-state index is 10.3. The second-order valence-electron chi connectivity index (χ2n) is 5.52. The van der Waals surface area contributed by atoms with Crippen LogP contribution in [0, 0.1) is 23.7 Å². The van der Waals surface area contributed by atoms with Crippen LogP contribution in [-0.4, -0.2) is 16.3 Å². The highest BCUT2D eigenvalue weighted by Gasteiger charge is 2.07. The Morgan fingerprint density at radius 2 is 1.65 bits per heavy atom. The molecule has 0 saturated carbocycles. The third kappa shape index (κ3) is 5.15. The van der Waals surface area contributed by atoms with Crippen molar-refractivity contribution in [3.8, 4) is 23.7 Å². The molecule has 0 heterocycles. The second-order valence-corrected chi connectivity index (χ2v) is 5.52. The number of benzene rings is 2. The largest absolute Gasteiger partial charge is 0.380 e. The van der Waals surface area contributed by atoms with E-state index in [1.54, 1.807) is 0 Å². The van der Waals surface area contributed by atoms with Gasteiger partial charge >= 0.3 is 0 Å². The summed E-state index contributed by atoms with van der Waals surface area (Å²) in [7, 11) is 0. The molecule has 0 aliphatic carbocycles. The van der Waals surface area contributed by atoms with Crippen molar-refractivity contribution in [1.82, 2.24) is 0 Å². The first-order chi connectivity index (χ1) is 11.2. The molecule has 2 nitrogen and oxygen atoms in total. The van der Waals surface area contributed by atoms with Crippen molar-refractivity contribution in [3.05, 3.63) is 48.0 Å². The molecule has 0 aromatic heterocycles. The summed E-state index contributed by atoms with van der Waals surface area (Å²) in [5.41, 5.74) is 0.779. The molecule has 0 radical (unpaired) electrons. The van der Waals surface area contributed by atoms with Gasteiger partial charge in [0.05, 0.1) is 0 Å². The fraction of sp³-hybridized carbons (Fsp3) is 0.333. The van der Waals surface area contributed by atoms with Gasteiger partial charge in [0.15, 0.2) is 0 Å². The predicted octanol–water partition coefficient (Wildman–Crippen LogP) is 3.82. The van der Waals surface area contributed by atoms with Crippen LogP contribution in [0.25, 0.3) is 10.8 Å². The Hall–Kier alpha value is -2.26. The summed E-state index contributed by atoms with van der Waals surface area (Å²) in [5, 5.41) is 22.0. The number of aliphatic hydroxyl groups excluding tert-OH is 2. The van der Waals surface area contributed by atoms with Crippen LogP contribution in [0.3, 0.4) is 0 Å². The smallest absolute Gasteiger partial charge is 0.141 e. The Bertz CT molecular complexity index is 750. The van der Waals surface area contributed by atoms with Gasteiger partial charge in [0.1, 0.15) is 12.2 Å². The normalized spacial score (nSPS) is 12.7. The standard InChI is InChI=1S/C21H22O2/c1-2-3-4-12-18(22)13-6-8-16-21(23)20-15-9-11-17-10-5-7-14-19(17)20/h5,7,9-11,14-15,18,21-23H,2-4,12H2,1H3. The van der Waals surface area contributed by atoms with Crippen molar-refractivity contribution < 1.29 is 10.2 Å². The van der Waals surface area contributed by atoms with E-state index in [1.165, 1.54) is 0 Å². The first-order valence-electron chi connectivity index (χ1n) is 8.07. The molecule has 0 amide bonds. The molecule has 0 saturated heterocycles. The van der Waals surface area contributed by atoms with Crippen molar-refractivity contribution >= 4 is 10.8 Å². The maximum Gasteiger partial charge on any atom is 0.141 e. The van der Waals surface area contributed by atoms with Gasteiger partial charge in [-0.2, -0.15) is 0 Å². The predicted molar refractivity (Wildman–Crippen MR) is 94.6 cm³/mol. The van der Waals surface area contributed by atoms with Crippen molar-refractivity contribution in [3.63, 3.8) is 0 Å². The van der Waals surface area contributed by atoms with Crippen LogP contribution in [0.4, 0.5) is 0 Å². The molecule has 23 heavy (non-hydrogen) atoms. The van der Waals surface area contributed by atoms with Crippen molar-refractivity contribution in [2.24, 2.45) is 0 Å². The molecule has 2 rings (SSSR count). The maximum atomic E-state index is 10.3. The lowest BCUT2D eigenvalue weighted by Crippen LogP contribution is -2.01. The molecule has 2 atom stereocenters. The van der Waals surface area contributed by atoms with Crippen LogP contribution in [-0.2, 0) is 0 Å². The minimum atomic E-state index is -0.882. The number of unbranched alkanes of at least 4 members (excludes halogenated alkanes) is 2. The highest BCUT2D eigenvalue weighted by molar-refractivity contribution is 5.86. The van der Waals surface area contributed by atoms with E-state index in [2.05, 4.69) is 30.6 Å². The highest BCUT2D eigenvalue weighted by Crippen LogP contribution is 2.23. The van der Waals surface area contributed by atoms with Gasteiger partial charge in [-0.05, 0) is 35.5 Å². The monoisotopic (exact) mass is 306 g/mol. The lowest BCUT2D eigenvalue weighted by molar-refractivity contribution is 0.217. The molecule has 0 spiro atoms. The van der Waals surface area contributed by atoms with Gasteiger partial charge in [-0.3, -0.25) is 0 Å². The molecule has 2 unspecified atom stereocenters. The number of fused-ring (bicyclic) bond motifs is 1. The molecule has 2 heteroatoms. The number of hydrogen-bond donors (Lipinski definition) is 2. The van der Waals surface area contributed by atoms with E-state index < -0.39 is 12.2 Å². The average Bonchev–Trinajstić information content (AvgIpc) is 2.58. The molecule has 0 aliphatic heterocycles. The van der Waals surface area contributed by atoms with Crippen molar-refractivity contribution in [2.45, 2.75) is 44.8 Å². The van der Waals surface area contributed by atoms with Gasteiger partial charge in [0, 0.05) is 5.56 Å². The first-order valence-corrected chi connectivity index (χ1v) is 8.07. The zero-order valence-electron chi connectivity index (χ0n) is 13.4. The van der Waals surface area contributed by atoms with E-state index in [0.29, 0.717) is 6.42 Å². The molecule has 0 fully saturated rings. The fourth-order valence-electron chi connectivity index (χ4n) is 2.45. The van der Waals surface area contributed by atoms with E-state index in [0.717, 1.165) is 35.6 Å². The Morgan fingerprint density at radius 1 is 0.913 bits per heavy atom. The van der Waals surface area contributed by atoms with Crippen molar-refractivity contribution in [2.75, 3.05) is 0 Å². The summed E-state index contributed by atoms with van der Waals surface area (Å²) < 4.78 is 0. The van der Waals surface area contributed by atoms with Crippen LogP contribution in [0.5, 0.6) is 0 Å². The highest BCUT2D eigenvalue weighted by atomic mass is 16.3. The SMILES string of the molecule is CCCCCC(O)C#CC#CC(O)c1cccc2ccccc12. The molecule has 0 aliphatic rings. The molecule has 2 N–H and O–H groups in total. The van der Waals surface area contributed by atoms with Crippen molar-refractivity contribution in [1.29, 1.82) is 0 Å². The van der Waals surface area contributed by atoms with Gasteiger partial charge in [0.25, 0.3) is 0 Å². The minimum absolute atomic E-state index is 0.634. The quantitative estimate of drug-likeness (QED) is 0.651. The van der Waals surface area contributed by atoms with Crippen LogP contribution in [0.15, 0.2) is 42.5 Å². The Morgan fingerprint density at radius 3 is 2.48 bits per heavy atom. The summed E-state index contributed by atoms with van der Waals surface area (Å²) in [6.07, 6.45) is 2.35. The molecular weight excluding hydrogens is 284 g/mol. The Kier molecular flexibility index (Phi) is 6.70. The lowest BCUT2D eigenvalue weighted by Gasteiger charge is -2.07. The first kappa shape index (κ1) is 17.1. The number of hydrogen-bond acceptors (Lipinski definition) is 2. The summed E-state index contributed by atoms with van der Waals surface area (Å²) in [6.45, 7) is 2.12. The second kappa shape index (κ2) is 9.01. The topological polar surface area (TPSA) is 40.5 Å². The van der Waals surface area contributed by atoms with Gasteiger partial charge < -0.3 is 10.2 Å². The van der Waals surface area contributed by atoms with E-state index in [1.807, 2.05) is 42.5 Å². The Balaban J connectivity index is 2.04. The molecule has 2 aromatic carbocycles. The molecule has 2 aromatic rings. The van der Waals surface area contributed by atoms with Gasteiger partial charge in [-0.1, -0.05) is 74.1 Å². The number of aliphatic hydroxyl groups is 2. The summed E-state index contributed by atoms with van der Waals surface area (Å²) >= 11 is 0. The van der Waals surface area contributed by atoms with Gasteiger partial charge in [0.2, 0.25) is 0 Å². The van der Waals surface area contributed by atoms with Crippen LogP contribution >= 0.6 is 0 Å². The third-order valence-corrected chi connectivity index (χ3v) is 3.71. The fourth-order valence-corrected chi connectivity index (χ4v) is 2.45. The molecular formula is C21H22O2. The van der Waals surface area contributed by atoms with E-state index in [-0.39, 0.29) is 0 Å². The van der Waals surface area contributed by atoms with Crippen LogP contribution < -0.4 is 0 Å². The molecule has 118 valence electrons. The molecule has 0 bridgehead atoms. The average molecular weight is 306 g/mol. The zero-order chi connectivity index (χ0) is 16.5. The minimum Gasteiger partial charge on any atom is -0.380 e. The van der Waals surface area contributed by atoms with Gasteiger partial charge in [-0.25, -0.2) is 0 Å². The van der Waals surface area contributed by atoms with E-state index >= 15 is 0 Å².